The lowest BCUT2D eigenvalue weighted by molar-refractivity contribution is 0.600. The third kappa shape index (κ3) is 6.58. The number of furan rings is 3. The predicted molar refractivity (Wildman–Crippen MR) is 394 cm³/mol. The number of benzene rings is 13. The van der Waals surface area contributed by atoms with Crippen LogP contribution in [0.5, 0.6) is 0 Å². The highest BCUT2D eigenvalue weighted by Gasteiger charge is 2.50. The molecule has 13 aromatic carbocycles. The van der Waals surface area contributed by atoms with Crippen LogP contribution in [-0.2, 0) is 27.1 Å². The summed E-state index contributed by atoms with van der Waals surface area (Å²) < 4.78 is 20.7. The van der Waals surface area contributed by atoms with E-state index < -0.39 is 10.8 Å². The molecule has 0 spiro atoms. The van der Waals surface area contributed by atoms with E-state index >= 15 is 0 Å². The van der Waals surface area contributed by atoms with E-state index in [9.17, 15) is 0 Å². The minimum Gasteiger partial charge on any atom is -0.456 e. The van der Waals surface area contributed by atoms with E-state index in [4.69, 9.17) is 13.3 Å². The van der Waals surface area contributed by atoms with Crippen LogP contribution in [0.4, 0.5) is 17.1 Å². The summed E-state index contributed by atoms with van der Waals surface area (Å²) in [6.07, 6.45) is 0. The molecular weight excluding hydrogens is 1160 g/mol. The molecule has 5 aliphatic rings. The molecule has 0 atom stereocenters. The van der Waals surface area contributed by atoms with Crippen LogP contribution >= 0.6 is 0 Å². The zero-order valence-electron chi connectivity index (χ0n) is 55.0. The lowest BCUT2D eigenvalue weighted by atomic mass is 9.72. The lowest BCUT2D eigenvalue weighted by Gasteiger charge is -2.32. The van der Waals surface area contributed by atoms with Crippen molar-refractivity contribution in [2.24, 2.45) is 0 Å². The molecule has 3 heterocycles. The van der Waals surface area contributed by atoms with Crippen molar-refractivity contribution in [2.75, 3.05) is 4.90 Å². The molecule has 5 aliphatic carbocycles. The smallest absolute Gasteiger partial charge is 0.144 e. The van der Waals surface area contributed by atoms with Crippen LogP contribution in [0.2, 0.25) is 0 Å². The van der Waals surface area contributed by atoms with Gasteiger partial charge in [0.15, 0.2) is 0 Å². The number of anilines is 3. The standard InChI is InChI=1S/C91H67NO3/c1-87(2)65-39-40-75-78(58-24-14-18-28-72(58)93-75)77(65)63-47-69-62(46-70(63)87)54-36-33-51(42-66(54)88(69,3)4)92(53-35-38-57-68(44-53)91(9,10)83-79(57)81-60-26-16-20-30-74(60)95-86(81)82-55-23-13-17-27-64(55)90(7,8)84(82)83)52-34-37-56-67(43-52)89(5,6)71-45-61(50-32-31-48-21-11-12-22-49(48)41-50)85-80(76(56)71)59-25-15-19-29-73(59)94-85/h11-47H,1-10H3. The molecule has 0 N–H and O–H groups in total. The van der Waals surface area contributed by atoms with Crippen molar-refractivity contribution in [3.63, 3.8) is 0 Å². The van der Waals surface area contributed by atoms with E-state index in [2.05, 4.69) is 299 Å². The maximum Gasteiger partial charge on any atom is 0.144 e. The predicted octanol–water partition coefficient (Wildman–Crippen LogP) is 25.2. The second kappa shape index (κ2) is 17.6. The normalized spacial score (nSPS) is 16.3. The molecule has 4 nitrogen and oxygen atoms in total. The number of hydrogen-bond donors (Lipinski definition) is 0. The first-order valence-corrected chi connectivity index (χ1v) is 33.9. The Morgan fingerprint density at radius 1 is 0.253 bits per heavy atom. The van der Waals surface area contributed by atoms with Gasteiger partial charge in [-0.05, 0) is 207 Å². The quantitative estimate of drug-likeness (QED) is 0.176. The van der Waals surface area contributed by atoms with Gasteiger partial charge in [-0.25, -0.2) is 0 Å². The Morgan fingerprint density at radius 3 is 1.42 bits per heavy atom. The van der Waals surface area contributed by atoms with E-state index in [1.54, 1.807) is 0 Å². The number of fused-ring (bicyclic) bond motifs is 30. The SMILES string of the molecule is CC1(C)c2cc(N(c3ccc4c(c3)C(C)(C)c3cc(-c5ccc6ccccc6c5)c5oc6ccccc6c5c3-4)c3ccc4c(c3)C(C)(C)c3c5c(c6oc7ccccc7c6c3-4)-c3ccccc3C5(C)C)ccc2-c2cc3c(cc21)-c1c(ccc2oc4ccccc4c12)C3(C)C. The van der Waals surface area contributed by atoms with Crippen molar-refractivity contribution in [2.45, 2.75) is 96.3 Å². The molecule has 0 radical (unpaired) electrons. The fourth-order valence-corrected chi connectivity index (χ4v) is 19.3. The van der Waals surface area contributed by atoms with E-state index in [1.165, 1.54) is 144 Å². The van der Waals surface area contributed by atoms with Gasteiger partial charge >= 0.3 is 0 Å². The number of hydrogen-bond acceptors (Lipinski definition) is 4. The first kappa shape index (κ1) is 53.8. The van der Waals surface area contributed by atoms with Gasteiger partial charge in [0, 0.05) is 87.6 Å². The average molecular weight is 1220 g/mol. The average Bonchev–Trinajstić information content (AvgIpc) is 1.52. The number of rotatable bonds is 4. The lowest BCUT2D eigenvalue weighted by Crippen LogP contribution is -2.24. The molecule has 0 amide bonds. The van der Waals surface area contributed by atoms with Crippen molar-refractivity contribution < 1.29 is 13.3 Å². The molecule has 0 bridgehead atoms. The summed E-state index contributed by atoms with van der Waals surface area (Å²) in [5.74, 6) is 0. The van der Waals surface area contributed by atoms with Gasteiger partial charge < -0.3 is 18.2 Å². The van der Waals surface area contributed by atoms with E-state index in [0.717, 1.165) is 72.5 Å². The van der Waals surface area contributed by atoms with Gasteiger partial charge in [0.25, 0.3) is 0 Å². The van der Waals surface area contributed by atoms with Gasteiger partial charge in [-0.3, -0.25) is 0 Å². The molecular formula is C91H67NO3. The third-order valence-electron chi connectivity index (χ3n) is 23.9. The summed E-state index contributed by atoms with van der Waals surface area (Å²) in [5.41, 5.74) is 35.9. The largest absolute Gasteiger partial charge is 0.456 e. The van der Waals surface area contributed by atoms with Crippen LogP contribution in [0, 0.1) is 0 Å². The molecule has 95 heavy (non-hydrogen) atoms. The van der Waals surface area contributed by atoms with Crippen molar-refractivity contribution in [1.29, 1.82) is 0 Å². The van der Waals surface area contributed by atoms with E-state index in [1.807, 2.05) is 0 Å². The fraction of sp³-hybridized carbons (Fsp3) is 0.165. The number of nitrogens with zero attached hydrogens (tertiary/aromatic N) is 1. The molecule has 454 valence electrons. The Hall–Kier alpha value is -10.7. The molecule has 0 fully saturated rings. The molecule has 0 saturated heterocycles. The highest BCUT2D eigenvalue weighted by atomic mass is 16.3. The van der Waals surface area contributed by atoms with Gasteiger partial charge in [-0.2, -0.15) is 0 Å². The summed E-state index contributed by atoms with van der Waals surface area (Å²) in [6.45, 7) is 24.4. The Kier molecular flexibility index (Phi) is 9.94. The molecule has 0 unspecified atom stereocenters. The highest BCUT2D eigenvalue weighted by Crippen LogP contribution is 2.65. The Balaban J connectivity index is 0.780. The van der Waals surface area contributed by atoms with Crippen molar-refractivity contribution in [3.05, 3.63) is 280 Å². The Morgan fingerprint density at radius 2 is 0.716 bits per heavy atom. The third-order valence-corrected chi connectivity index (χ3v) is 23.9. The summed E-state index contributed by atoms with van der Waals surface area (Å²) in [5, 5.41) is 9.51. The van der Waals surface area contributed by atoms with E-state index in [-0.39, 0.29) is 16.2 Å². The Bertz CT molecular complexity index is 6260. The van der Waals surface area contributed by atoms with Crippen LogP contribution in [0.3, 0.4) is 0 Å². The maximum absolute atomic E-state index is 7.13. The van der Waals surface area contributed by atoms with Crippen molar-refractivity contribution in [3.8, 4) is 66.8 Å². The second-order valence-corrected chi connectivity index (χ2v) is 30.6. The zero-order valence-corrected chi connectivity index (χ0v) is 55.0. The highest BCUT2D eigenvalue weighted by molar-refractivity contribution is 6.22. The van der Waals surface area contributed by atoms with Crippen LogP contribution < -0.4 is 4.90 Å². The summed E-state index contributed by atoms with van der Waals surface area (Å²) in [7, 11) is 0. The molecule has 3 aromatic heterocycles. The minimum absolute atomic E-state index is 0.220. The first-order chi connectivity index (χ1) is 45.9. The molecule has 16 aromatic rings. The number of para-hydroxylation sites is 3. The zero-order chi connectivity index (χ0) is 63.9. The van der Waals surface area contributed by atoms with Gasteiger partial charge in [-0.1, -0.05) is 209 Å². The summed E-state index contributed by atoms with van der Waals surface area (Å²) >= 11 is 0. The molecule has 21 rings (SSSR count). The maximum atomic E-state index is 7.13. The molecule has 0 saturated carbocycles. The van der Waals surface area contributed by atoms with Gasteiger partial charge in [-0.15, -0.1) is 0 Å². The van der Waals surface area contributed by atoms with Crippen molar-refractivity contribution >= 4 is 93.7 Å². The topological polar surface area (TPSA) is 42.7 Å². The van der Waals surface area contributed by atoms with Gasteiger partial charge in [0.2, 0.25) is 0 Å². The monoisotopic (exact) mass is 1220 g/mol. The Labute approximate surface area is 551 Å². The summed E-state index contributed by atoms with van der Waals surface area (Å²) in [6, 6.07) is 84.6. The van der Waals surface area contributed by atoms with E-state index in [0.29, 0.717) is 0 Å². The van der Waals surface area contributed by atoms with Crippen LogP contribution in [-0.4, -0.2) is 0 Å². The van der Waals surface area contributed by atoms with Crippen LogP contribution in [0.25, 0.3) is 143 Å². The van der Waals surface area contributed by atoms with Crippen LogP contribution in [0.1, 0.15) is 125 Å². The first-order valence-electron chi connectivity index (χ1n) is 33.9. The summed E-state index contributed by atoms with van der Waals surface area (Å²) in [4.78, 5) is 2.58. The molecule has 4 heteroatoms. The minimum atomic E-state index is -0.395. The fourth-order valence-electron chi connectivity index (χ4n) is 19.3. The van der Waals surface area contributed by atoms with Crippen LogP contribution in [0.15, 0.2) is 238 Å². The second-order valence-electron chi connectivity index (χ2n) is 30.6. The van der Waals surface area contributed by atoms with Gasteiger partial charge in [0.05, 0.1) is 0 Å². The van der Waals surface area contributed by atoms with Gasteiger partial charge in [0.1, 0.15) is 33.5 Å². The molecule has 0 aliphatic heterocycles. The van der Waals surface area contributed by atoms with Crippen molar-refractivity contribution in [1.82, 2.24) is 0 Å².